The SMILES string of the molecule is CC(=O)N(Cc1csc(COc2ccccc2C(C)C)n1)CC(C)C. The number of para-hydroxylation sites is 1. The lowest BCUT2D eigenvalue weighted by Crippen LogP contribution is -2.31. The van der Waals surface area contributed by atoms with Gasteiger partial charge in [-0.2, -0.15) is 0 Å². The lowest BCUT2D eigenvalue weighted by atomic mass is 10.0. The molecule has 2 aromatic rings. The van der Waals surface area contributed by atoms with Crippen molar-refractivity contribution in [3.63, 3.8) is 0 Å². The molecule has 0 atom stereocenters. The maximum atomic E-state index is 11.8. The van der Waals surface area contributed by atoms with Crippen molar-refractivity contribution in [3.05, 3.63) is 45.9 Å². The normalized spacial score (nSPS) is 11.2. The van der Waals surface area contributed by atoms with Gasteiger partial charge in [-0.1, -0.05) is 45.9 Å². The van der Waals surface area contributed by atoms with E-state index >= 15 is 0 Å². The highest BCUT2D eigenvalue weighted by molar-refractivity contribution is 7.09. The van der Waals surface area contributed by atoms with Gasteiger partial charge in [-0.3, -0.25) is 4.79 Å². The van der Waals surface area contributed by atoms with Crippen LogP contribution in [0.25, 0.3) is 0 Å². The molecule has 1 aromatic heterocycles. The number of ether oxygens (including phenoxy) is 1. The molecule has 0 fully saturated rings. The molecule has 4 nitrogen and oxygen atoms in total. The highest BCUT2D eigenvalue weighted by Gasteiger charge is 2.14. The zero-order valence-electron chi connectivity index (χ0n) is 15.8. The highest BCUT2D eigenvalue weighted by Crippen LogP contribution is 2.27. The summed E-state index contributed by atoms with van der Waals surface area (Å²) in [6, 6.07) is 8.13. The van der Waals surface area contributed by atoms with Gasteiger partial charge in [-0.05, 0) is 23.5 Å². The molecule has 0 spiro atoms. The monoisotopic (exact) mass is 360 g/mol. The van der Waals surface area contributed by atoms with E-state index in [-0.39, 0.29) is 5.91 Å². The van der Waals surface area contributed by atoms with Crippen LogP contribution in [0.2, 0.25) is 0 Å². The van der Waals surface area contributed by atoms with Crippen LogP contribution in [0.4, 0.5) is 0 Å². The molecule has 0 radical (unpaired) electrons. The first-order valence-corrected chi connectivity index (χ1v) is 9.65. The zero-order chi connectivity index (χ0) is 18.4. The van der Waals surface area contributed by atoms with Crippen LogP contribution in [-0.2, 0) is 17.9 Å². The van der Waals surface area contributed by atoms with E-state index in [0.717, 1.165) is 23.0 Å². The number of benzene rings is 1. The van der Waals surface area contributed by atoms with Crippen molar-refractivity contribution >= 4 is 17.2 Å². The smallest absolute Gasteiger partial charge is 0.219 e. The van der Waals surface area contributed by atoms with Crippen molar-refractivity contribution in [2.75, 3.05) is 6.54 Å². The molecule has 1 aromatic carbocycles. The van der Waals surface area contributed by atoms with Gasteiger partial charge in [-0.15, -0.1) is 11.3 Å². The number of rotatable bonds is 8. The van der Waals surface area contributed by atoms with Crippen molar-refractivity contribution in [2.24, 2.45) is 5.92 Å². The predicted octanol–water partition coefficient (Wildman–Crippen LogP) is 4.85. The third-order valence-electron chi connectivity index (χ3n) is 3.88. The Labute approximate surface area is 154 Å². The summed E-state index contributed by atoms with van der Waals surface area (Å²) in [5.74, 6) is 1.87. The molecule has 0 bridgehead atoms. The van der Waals surface area contributed by atoms with E-state index in [1.54, 1.807) is 18.3 Å². The highest BCUT2D eigenvalue weighted by atomic mass is 32.1. The van der Waals surface area contributed by atoms with Gasteiger partial charge in [0.15, 0.2) is 0 Å². The summed E-state index contributed by atoms with van der Waals surface area (Å²) in [7, 11) is 0. The minimum Gasteiger partial charge on any atom is -0.486 e. The topological polar surface area (TPSA) is 42.4 Å². The van der Waals surface area contributed by atoms with Gasteiger partial charge < -0.3 is 9.64 Å². The van der Waals surface area contributed by atoms with Gasteiger partial charge in [0.2, 0.25) is 5.91 Å². The van der Waals surface area contributed by atoms with Crippen molar-refractivity contribution < 1.29 is 9.53 Å². The summed E-state index contributed by atoms with van der Waals surface area (Å²) in [4.78, 5) is 18.3. The summed E-state index contributed by atoms with van der Waals surface area (Å²) in [6.45, 7) is 11.9. The van der Waals surface area contributed by atoms with E-state index in [4.69, 9.17) is 4.74 Å². The molecule has 1 amide bonds. The second-order valence-corrected chi connectivity index (χ2v) is 7.95. The molecule has 0 aliphatic carbocycles. The number of amides is 1. The summed E-state index contributed by atoms with van der Waals surface area (Å²) in [5.41, 5.74) is 2.13. The Bertz CT molecular complexity index is 695. The summed E-state index contributed by atoms with van der Waals surface area (Å²) in [6.07, 6.45) is 0. The van der Waals surface area contributed by atoms with Crippen LogP contribution >= 0.6 is 11.3 Å². The molecular weight excluding hydrogens is 332 g/mol. The molecule has 1 heterocycles. The Morgan fingerprint density at radius 3 is 2.60 bits per heavy atom. The number of aromatic nitrogens is 1. The van der Waals surface area contributed by atoms with Crippen molar-refractivity contribution in [3.8, 4) is 5.75 Å². The lowest BCUT2D eigenvalue weighted by molar-refractivity contribution is -0.130. The minimum atomic E-state index is 0.0883. The van der Waals surface area contributed by atoms with Crippen molar-refractivity contribution in [2.45, 2.75) is 53.7 Å². The van der Waals surface area contributed by atoms with Crippen LogP contribution in [0.3, 0.4) is 0 Å². The molecule has 5 heteroatoms. The fraction of sp³-hybridized carbons (Fsp3) is 0.500. The zero-order valence-corrected chi connectivity index (χ0v) is 16.6. The van der Waals surface area contributed by atoms with Gasteiger partial charge in [0, 0.05) is 18.8 Å². The molecule has 2 rings (SSSR count). The first-order valence-electron chi connectivity index (χ1n) is 8.77. The molecule has 0 aliphatic heterocycles. The van der Waals surface area contributed by atoms with Crippen LogP contribution in [0.1, 0.15) is 56.8 Å². The van der Waals surface area contributed by atoms with Crippen LogP contribution in [0.5, 0.6) is 5.75 Å². The average Bonchev–Trinajstić information content (AvgIpc) is 2.99. The van der Waals surface area contributed by atoms with Crippen LogP contribution in [0.15, 0.2) is 29.6 Å². The summed E-state index contributed by atoms with van der Waals surface area (Å²) in [5, 5.41) is 2.95. The molecule has 0 unspecified atom stereocenters. The quantitative estimate of drug-likeness (QED) is 0.676. The van der Waals surface area contributed by atoms with Gasteiger partial charge in [0.05, 0.1) is 12.2 Å². The maximum Gasteiger partial charge on any atom is 0.219 e. The maximum absolute atomic E-state index is 11.8. The summed E-state index contributed by atoms with van der Waals surface area (Å²) < 4.78 is 5.98. The number of carbonyl (C=O) groups excluding carboxylic acids is 1. The Balaban J connectivity index is 1.99. The molecule has 0 aliphatic rings. The molecule has 0 saturated heterocycles. The van der Waals surface area contributed by atoms with Crippen molar-refractivity contribution in [1.82, 2.24) is 9.88 Å². The van der Waals surface area contributed by atoms with Crippen molar-refractivity contribution in [1.29, 1.82) is 0 Å². The molecular formula is C20H28N2O2S. The Hall–Kier alpha value is -1.88. The minimum absolute atomic E-state index is 0.0883. The van der Waals surface area contributed by atoms with E-state index in [1.165, 1.54) is 5.56 Å². The number of thiazole rings is 1. The van der Waals surface area contributed by atoms with Gasteiger partial charge >= 0.3 is 0 Å². The fourth-order valence-corrected chi connectivity index (χ4v) is 3.35. The molecule has 0 saturated carbocycles. The van der Waals surface area contributed by atoms with E-state index in [1.807, 2.05) is 28.5 Å². The molecule has 0 N–H and O–H groups in total. The van der Waals surface area contributed by atoms with E-state index in [9.17, 15) is 4.79 Å². The second kappa shape index (κ2) is 8.99. The van der Waals surface area contributed by atoms with E-state index < -0.39 is 0 Å². The van der Waals surface area contributed by atoms with Gasteiger partial charge in [-0.25, -0.2) is 4.98 Å². The van der Waals surface area contributed by atoms with Crippen LogP contribution < -0.4 is 4.74 Å². The third-order valence-corrected chi connectivity index (χ3v) is 4.75. The fourth-order valence-electron chi connectivity index (χ4n) is 2.66. The number of nitrogens with zero attached hydrogens (tertiary/aromatic N) is 2. The Morgan fingerprint density at radius 2 is 1.96 bits per heavy atom. The number of carbonyl (C=O) groups is 1. The standard InChI is InChI=1S/C20H28N2O2S/c1-14(2)10-22(16(5)23)11-17-13-25-20(21-17)12-24-19-9-7-6-8-18(19)15(3)4/h6-9,13-15H,10-12H2,1-5H3. The predicted molar refractivity (Wildman–Crippen MR) is 103 cm³/mol. The van der Waals surface area contributed by atoms with E-state index in [2.05, 4.69) is 38.7 Å². The Kier molecular flexibility index (Phi) is 7.00. The lowest BCUT2D eigenvalue weighted by Gasteiger charge is -2.22. The largest absolute Gasteiger partial charge is 0.486 e. The molecule has 25 heavy (non-hydrogen) atoms. The Morgan fingerprint density at radius 1 is 1.24 bits per heavy atom. The third kappa shape index (κ3) is 5.85. The first kappa shape index (κ1) is 19.4. The summed E-state index contributed by atoms with van der Waals surface area (Å²) >= 11 is 1.58. The first-order chi connectivity index (χ1) is 11.9. The van der Waals surface area contributed by atoms with Gasteiger partial charge in [0.25, 0.3) is 0 Å². The molecule has 136 valence electrons. The van der Waals surface area contributed by atoms with E-state index in [0.29, 0.717) is 25.0 Å². The number of hydrogen-bond donors (Lipinski definition) is 0. The van der Waals surface area contributed by atoms with Gasteiger partial charge in [0.1, 0.15) is 17.4 Å². The second-order valence-electron chi connectivity index (χ2n) is 7.01. The van der Waals surface area contributed by atoms with Crippen LogP contribution in [-0.4, -0.2) is 22.3 Å². The number of hydrogen-bond acceptors (Lipinski definition) is 4. The van der Waals surface area contributed by atoms with Crippen LogP contribution in [0, 0.1) is 5.92 Å². The average molecular weight is 361 g/mol.